The number of hydrogen-bond acceptors (Lipinski definition) is 5. The van der Waals surface area contributed by atoms with Crippen molar-refractivity contribution in [3.8, 4) is 0 Å². The van der Waals surface area contributed by atoms with Crippen LogP contribution in [0.3, 0.4) is 0 Å². The molecule has 9 heteroatoms. The molecule has 0 saturated carbocycles. The molecule has 23 heavy (non-hydrogen) atoms. The van der Waals surface area contributed by atoms with Crippen molar-refractivity contribution >= 4 is 10.0 Å². The van der Waals surface area contributed by atoms with Crippen LogP contribution in [0.5, 0.6) is 0 Å². The summed E-state index contributed by atoms with van der Waals surface area (Å²) in [4.78, 5) is 6.00. The van der Waals surface area contributed by atoms with E-state index in [1.165, 1.54) is 4.31 Å². The van der Waals surface area contributed by atoms with Crippen LogP contribution in [-0.2, 0) is 17.1 Å². The Labute approximate surface area is 136 Å². The minimum Gasteiger partial charge on any atom is -0.336 e. The number of hydrogen-bond donors (Lipinski definition) is 0. The molecule has 0 radical (unpaired) electrons. The van der Waals surface area contributed by atoms with Gasteiger partial charge in [-0.05, 0) is 12.8 Å². The molecule has 0 atom stereocenters. The lowest BCUT2D eigenvalue weighted by Gasteiger charge is -2.29. The maximum absolute atomic E-state index is 12.8. The molecule has 1 fully saturated rings. The van der Waals surface area contributed by atoms with Crippen LogP contribution in [0.15, 0.2) is 23.6 Å². The van der Waals surface area contributed by atoms with Crippen LogP contribution in [-0.4, -0.2) is 50.4 Å². The van der Waals surface area contributed by atoms with Crippen molar-refractivity contribution in [3.63, 3.8) is 0 Å². The van der Waals surface area contributed by atoms with E-state index in [4.69, 9.17) is 0 Å². The van der Waals surface area contributed by atoms with Gasteiger partial charge in [-0.15, -0.1) is 0 Å². The first-order valence-corrected chi connectivity index (χ1v) is 9.23. The van der Waals surface area contributed by atoms with Gasteiger partial charge in [0.05, 0.1) is 18.4 Å². The molecule has 126 valence electrons. The largest absolute Gasteiger partial charge is 0.336 e. The van der Waals surface area contributed by atoms with Gasteiger partial charge in [0, 0.05) is 32.3 Å². The van der Waals surface area contributed by atoms with Crippen LogP contribution >= 0.6 is 0 Å². The predicted octanol–water partition coefficient (Wildman–Crippen LogP) is 1.16. The maximum atomic E-state index is 12.8. The van der Waals surface area contributed by atoms with E-state index < -0.39 is 10.0 Å². The van der Waals surface area contributed by atoms with Crippen molar-refractivity contribution < 1.29 is 8.42 Å². The maximum Gasteiger partial charge on any atom is 0.262 e. The molecule has 2 aromatic rings. The number of nitrogens with zero attached hydrogens (tertiary/aromatic N) is 6. The lowest BCUT2D eigenvalue weighted by Crippen LogP contribution is -2.39. The van der Waals surface area contributed by atoms with E-state index in [1.807, 2.05) is 20.9 Å². The summed E-state index contributed by atoms with van der Waals surface area (Å²) in [6, 6.07) is 0.159. The summed E-state index contributed by atoms with van der Waals surface area (Å²) in [7, 11) is -1.71. The van der Waals surface area contributed by atoms with E-state index in [1.54, 1.807) is 28.0 Å². The Kier molecular flexibility index (Phi) is 4.24. The Bertz CT molecular complexity index is 757. The third-order valence-corrected chi connectivity index (χ3v) is 5.97. The highest BCUT2D eigenvalue weighted by Crippen LogP contribution is 2.26. The summed E-state index contributed by atoms with van der Waals surface area (Å²) in [5.74, 6) is 0.958. The van der Waals surface area contributed by atoms with Gasteiger partial charge in [0.25, 0.3) is 10.0 Å². The smallest absolute Gasteiger partial charge is 0.262 e. The molecule has 0 N–H and O–H groups in total. The van der Waals surface area contributed by atoms with Crippen molar-refractivity contribution in [1.29, 1.82) is 0 Å². The summed E-state index contributed by atoms with van der Waals surface area (Å²) in [6.07, 6.45) is 6.30. The Morgan fingerprint density at radius 3 is 2.30 bits per heavy atom. The fourth-order valence-electron chi connectivity index (χ4n) is 2.97. The Balaban J connectivity index is 1.75. The lowest BCUT2D eigenvalue weighted by molar-refractivity contribution is 0.244. The minimum atomic E-state index is -3.54. The molecule has 3 heterocycles. The number of sulfonamides is 1. The van der Waals surface area contributed by atoms with Gasteiger partial charge >= 0.3 is 0 Å². The normalized spacial score (nSPS) is 17.9. The van der Waals surface area contributed by atoms with Crippen molar-refractivity contribution in [2.75, 3.05) is 13.1 Å². The zero-order valence-corrected chi connectivity index (χ0v) is 14.4. The molecule has 0 spiro atoms. The molecule has 2 aromatic heterocycles. The van der Waals surface area contributed by atoms with E-state index in [0.717, 1.165) is 5.82 Å². The van der Waals surface area contributed by atoms with Gasteiger partial charge in [-0.3, -0.25) is 0 Å². The lowest BCUT2D eigenvalue weighted by atomic mass is 10.1. The van der Waals surface area contributed by atoms with E-state index in [9.17, 15) is 8.42 Å². The summed E-state index contributed by atoms with van der Waals surface area (Å²) in [5, 5.41) is 8.42. The zero-order valence-electron chi connectivity index (χ0n) is 13.6. The van der Waals surface area contributed by atoms with Crippen LogP contribution in [0, 0.1) is 0 Å². The van der Waals surface area contributed by atoms with E-state index in [0.29, 0.717) is 25.9 Å². The molecule has 1 aliphatic heterocycles. The molecule has 1 saturated heterocycles. The summed E-state index contributed by atoms with van der Waals surface area (Å²) < 4.78 is 28.9. The first-order valence-electron chi connectivity index (χ1n) is 7.79. The van der Waals surface area contributed by atoms with Gasteiger partial charge in [-0.25, -0.2) is 13.4 Å². The molecule has 0 bridgehead atoms. The van der Waals surface area contributed by atoms with E-state index in [2.05, 4.69) is 15.2 Å². The van der Waals surface area contributed by atoms with Gasteiger partial charge in [-0.1, -0.05) is 13.8 Å². The Morgan fingerprint density at radius 2 is 1.78 bits per heavy atom. The number of aryl methyl sites for hydroxylation is 1. The highest BCUT2D eigenvalue weighted by atomic mass is 32.2. The Morgan fingerprint density at radius 1 is 1.17 bits per heavy atom. The second kappa shape index (κ2) is 6.04. The molecule has 3 rings (SSSR count). The fourth-order valence-corrected chi connectivity index (χ4v) is 4.43. The van der Waals surface area contributed by atoms with Crippen molar-refractivity contribution in [1.82, 2.24) is 28.9 Å². The first kappa shape index (κ1) is 16.1. The predicted molar refractivity (Wildman–Crippen MR) is 84.3 cm³/mol. The van der Waals surface area contributed by atoms with Crippen molar-refractivity contribution in [2.24, 2.45) is 7.05 Å². The average Bonchev–Trinajstić information content (AvgIpc) is 3.16. The summed E-state index contributed by atoms with van der Waals surface area (Å²) >= 11 is 0. The van der Waals surface area contributed by atoms with Gasteiger partial charge in [0.15, 0.2) is 5.03 Å². The van der Waals surface area contributed by atoms with Gasteiger partial charge in [0.1, 0.15) is 5.82 Å². The van der Waals surface area contributed by atoms with Crippen LogP contribution in [0.25, 0.3) is 0 Å². The van der Waals surface area contributed by atoms with Gasteiger partial charge in [0.2, 0.25) is 0 Å². The van der Waals surface area contributed by atoms with Crippen LogP contribution in [0.1, 0.15) is 44.5 Å². The third-order valence-electron chi connectivity index (χ3n) is 4.20. The molecule has 0 amide bonds. The third kappa shape index (κ3) is 3.02. The van der Waals surface area contributed by atoms with Crippen LogP contribution < -0.4 is 0 Å². The van der Waals surface area contributed by atoms with Gasteiger partial charge < -0.3 is 4.57 Å². The molecule has 0 unspecified atom stereocenters. The molecule has 1 aliphatic rings. The van der Waals surface area contributed by atoms with Crippen LogP contribution in [0.4, 0.5) is 0 Å². The number of aromatic nitrogens is 5. The monoisotopic (exact) mass is 338 g/mol. The average molecular weight is 338 g/mol. The quantitative estimate of drug-likeness (QED) is 0.835. The van der Waals surface area contributed by atoms with Crippen molar-refractivity contribution in [2.45, 2.75) is 43.7 Å². The zero-order chi connectivity index (χ0) is 16.6. The molecule has 8 nitrogen and oxygen atoms in total. The molecular formula is C14H22N6O2S. The minimum absolute atomic E-state index is 0.138. The SMILES string of the molecule is CC(C)c1nc(S(=O)(=O)N2CCC(n3nccn3)CC2)cn1C. The van der Waals surface area contributed by atoms with E-state index >= 15 is 0 Å². The second-order valence-electron chi connectivity index (χ2n) is 6.19. The molecule has 0 aromatic carbocycles. The molecule has 0 aliphatic carbocycles. The topological polar surface area (TPSA) is 85.9 Å². The van der Waals surface area contributed by atoms with E-state index in [-0.39, 0.29) is 17.0 Å². The fraction of sp³-hybridized carbons (Fsp3) is 0.643. The first-order chi connectivity index (χ1) is 10.9. The Hall–Kier alpha value is -1.74. The van der Waals surface area contributed by atoms with Gasteiger partial charge in [-0.2, -0.15) is 19.3 Å². The summed E-state index contributed by atoms with van der Waals surface area (Å²) in [5.41, 5.74) is 0. The highest BCUT2D eigenvalue weighted by molar-refractivity contribution is 7.89. The van der Waals surface area contributed by atoms with Crippen molar-refractivity contribution in [3.05, 3.63) is 24.4 Å². The van der Waals surface area contributed by atoms with Crippen LogP contribution in [0.2, 0.25) is 0 Å². The number of imidazole rings is 1. The number of rotatable bonds is 4. The number of piperidine rings is 1. The summed E-state index contributed by atoms with van der Waals surface area (Å²) in [6.45, 7) is 4.92. The molecular weight excluding hydrogens is 316 g/mol. The second-order valence-corrected chi connectivity index (χ2v) is 8.07. The highest BCUT2D eigenvalue weighted by Gasteiger charge is 2.32. The standard InChI is InChI=1S/C14H22N6O2S/c1-11(2)14-17-13(10-18(14)3)23(21,22)19-8-4-12(5-9-19)20-15-6-7-16-20/h6-7,10-12H,4-5,8-9H2,1-3H3.